The number of aliphatic imine (C=N–C) groups is 1. The van der Waals surface area contributed by atoms with Crippen LogP contribution >= 0.6 is 11.6 Å². The Labute approximate surface area is 157 Å². The standard InChI is InChI=1S/C21H20ClN3O/c1-12-10-13(2)17(14(3)11-12)19-18(21-23-8-9-24-21)20(26-25-19)15-4-6-16(22)7-5-15/h4-7,10-11H,8-9H2,1-3H3,(H,23,24). The molecule has 3 aromatic rings. The van der Waals surface area contributed by atoms with Gasteiger partial charge in [-0.15, -0.1) is 0 Å². The van der Waals surface area contributed by atoms with Gasteiger partial charge in [-0.05, 0) is 56.2 Å². The van der Waals surface area contributed by atoms with E-state index in [1.807, 2.05) is 24.3 Å². The minimum absolute atomic E-state index is 0.691. The summed E-state index contributed by atoms with van der Waals surface area (Å²) in [5.41, 5.74) is 7.38. The molecule has 0 saturated carbocycles. The first-order valence-electron chi connectivity index (χ1n) is 8.67. The van der Waals surface area contributed by atoms with Crippen molar-refractivity contribution in [1.29, 1.82) is 0 Å². The topological polar surface area (TPSA) is 50.4 Å². The number of aryl methyl sites for hydroxylation is 3. The van der Waals surface area contributed by atoms with Crippen LogP contribution in [0.4, 0.5) is 0 Å². The number of nitrogens with zero attached hydrogens (tertiary/aromatic N) is 2. The molecule has 2 heterocycles. The number of hydrogen-bond donors (Lipinski definition) is 1. The normalized spacial score (nSPS) is 13.6. The van der Waals surface area contributed by atoms with E-state index in [0.717, 1.165) is 41.3 Å². The highest BCUT2D eigenvalue weighted by atomic mass is 35.5. The Bertz CT molecular complexity index is 980. The van der Waals surface area contributed by atoms with E-state index in [4.69, 9.17) is 16.1 Å². The summed E-state index contributed by atoms with van der Waals surface area (Å²) in [4.78, 5) is 4.62. The number of aromatic nitrogens is 1. The van der Waals surface area contributed by atoms with Crippen LogP contribution in [0, 0.1) is 20.8 Å². The molecule has 0 spiro atoms. The van der Waals surface area contributed by atoms with Crippen LogP contribution in [0.5, 0.6) is 0 Å². The second kappa shape index (κ2) is 6.61. The largest absolute Gasteiger partial charge is 0.368 e. The van der Waals surface area contributed by atoms with Crippen molar-refractivity contribution in [3.8, 4) is 22.6 Å². The Kier molecular flexibility index (Phi) is 4.29. The number of rotatable bonds is 3. The van der Waals surface area contributed by atoms with Gasteiger partial charge in [0.25, 0.3) is 0 Å². The molecular formula is C21H20ClN3O. The molecule has 1 aliphatic rings. The molecule has 26 heavy (non-hydrogen) atoms. The molecule has 0 radical (unpaired) electrons. The van der Waals surface area contributed by atoms with Gasteiger partial charge in [0, 0.05) is 22.7 Å². The molecule has 132 valence electrons. The summed E-state index contributed by atoms with van der Waals surface area (Å²) in [7, 11) is 0. The molecule has 4 nitrogen and oxygen atoms in total. The molecule has 1 aromatic heterocycles. The van der Waals surface area contributed by atoms with Crippen LogP contribution in [0.2, 0.25) is 5.02 Å². The van der Waals surface area contributed by atoms with E-state index in [2.05, 4.69) is 48.4 Å². The van der Waals surface area contributed by atoms with Crippen LogP contribution < -0.4 is 5.32 Å². The maximum Gasteiger partial charge on any atom is 0.178 e. The first-order chi connectivity index (χ1) is 12.5. The maximum absolute atomic E-state index is 6.04. The van der Waals surface area contributed by atoms with Gasteiger partial charge in [-0.25, -0.2) is 0 Å². The van der Waals surface area contributed by atoms with Gasteiger partial charge in [-0.1, -0.05) is 34.5 Å². The Morgan fingerprint density at radius 1 is 1.00 bits per heavy atom. The summed E-state index contributed by atoms with van der Waals surface area (Å²) in [6.07, 6.45) is 0. The van der Waals surface area contributed by atoms with Crippen LogP contribution in [0.3, 0.4) is 0 Å². The van der Waals surface area contributed by atoms with E-state index < -0.39 is 0 Å². The van der Waals surface area contributed by atoms with Crippen LogP contribution in [-0.2, 0) is 0 Å². The van der Waals surface area contributed by atoms with Gasteiger partial charge in [0.1, 0.15) is 11.5 Å². The fourth-order valence-corrected chi connectivity index (χ4v) is 3.72. The van der Waals surface area contributed by atoms with Crippen molar-refractivity contribution in [2.24, 2.45) is 4.99 Å². The van der Waals surface area contributed by atoms with Gasteiger partial charge >= 0.3 is 0 Å². The Balaban J connectivity index is 1.96. The first-order valence-corrected chi connectivity index (χ1v) is 9.05. The third-order valence-electron chi connectivity index (χ3n) is 4.62. The Morgan fingerprint density at radius 3 is 2.31 bits per heavy atom. The number of benzene rings is 2. The van der Waals surface area contributed by atoms with Crippen molar-refractivity contribution < 1.29 is 4.52 Å². The highest BCUT2D eigenvalue weighted by Crippen LogP contribution is 2.36. The van der Waals surface area contributed by atoms with Gasteiger partial charge in [0.2, 0.25) is 0 Å². The van der Waals surface area contributed by atoms with E-state index in [1.165, 1.54) is 16.7 Å². The molecule has 0 atom stereocenters. The summed E-state index contributed by atoms with van der Waals surface area (Å²) >= 11 is 6.04. The predicted molar refractivity (Wildman–Crippen MR) is 106 cm³/mol. The monoisotopic (exact) mass is 365 g/mol. The van der Waals surface area contributed by atoms with Gasteiger partial charge in [0.05, 0.1) is 12.1 Å². The summed E-state index contributed by atoms with van der Waals surface area (Å²) in [6.45, 7) is 7.91. The van der Waals surface area contributed by atoms with Crippen LogP contribution in [-0.4, -0.2) is 24.1 Å². The predicted octanol–water partition coefficient (Wildman–Crippen LogP) is 4.94. The van der Waals surface area contributed by atoms with Crippen LogP contribution in [0.15, 0.2) is 45.9 Å². The molecule has 0 unspecified atom stereocenters. The molecule has 5 heteroatoms. The maximum atomic E-state index is 6.04. The quantitative estimate of drug-likeness (QED) is 0.715. The van der Waals surface area contributed by atoms with E-state index in [-0.39, 0.29) is 0 Å². The molecule has 1 N–H and O–H groups in total. The highest BCUT2D eigenvalue weighted by Gasteiger charge is 2.26. The van der Waals surface area contributed by atoms with Gasteiger partial charge in [-0.3, -0.25) is 4.99 Å². The second-order valence-electron chi connectivity index (χ2n) is 6.67. The van der Waals surface area contributed by atoms with E-state index in [0.29, 0.717) is 10.8 Å². The molecule has 0 amide bonds. The minimum Gasteiger partial charge on any atom is -0.368 e. The first kappa shape index (κ1) is 16.9. The lowest BCUT2D eigenvalue weighted by Crippen LogP contribution is -2.20. The second-order valence-corrected chi connectivity index (χ2v) is 7.11. The molecule has 1 aliphatic heterocycles. The molecule has 4 rings (SSSR count). The van der Waals surface area contributed by atoms with Crippen molar-refractivity contribution in [2.45, 2.75) is 20.8 Å². The van der Waals surface area contributed by atoms with Crippen molar-refractivity contribution in [3.63, 3.8) is 0 Å². The molecular weight excluding hydrogens is 346 g/mol. The van der Waals surface area contributed by atoms with Crippen LogP contribution in [0.25, 0.3) is 22.6 Å². The van der Waals surface area contributed by atoms with Crippen molar-refractivity contribution in [1.82, 2.24) is 10.5 Å². The van der Waals surface area contributed by atoms with E-state index >= 15 is 0 Å². The van der Waals surface area contributed by atoms with Crippen molar-refractivity contribution in [3.05, 3.63) is 63.7 Å². The Morgan fingerprint density at radius 2 is 1.69 bits per heavy atom. The molecule has 0 saturated heterocycles. The third kappa shape index (κ3) is 2.90. The van der Waals surface area contributed by atoms with E-state index in [1.54, 1.807) is 0 Å². The Hall–Kier alpha value is -2.59. The zero-order chi connectivity index (χ0) is 18.3. The lowest BCUT2D eigenvalue weighted by atomic mass is 9.93. The zero-order valence-electron chi connectivity index (χ0n) is 15.1. The van der Waals surface area contributed by atoms with Crippen molar-refractivity contribution in [2.75, 3.05) is 13.1 Å². The van der Waals surface area contributed by atoms with Crippen molar-refractivity contribution >= 4 is 17.4 Å². The van der Waals surface area contributed by atoms with Gasteiger partial charge in [-0.2, -0.15) is 0 Å². The zero-order valence-corrected chi connectivity index (χ0v) is 15.8. The van der Waals surface area contributed by atoms with E-state index in [9.17, 15) is 0 Å². The average Bonchev–Trinajstić information content (AvgIpc) is 3.24. The summed E-state index contributed by atoms with van der Waals surface area (Å²) < 4.78 is 5.81. The number of amidine groups is 1. The summed E-state index contributed by atoms with van der Waals surface area (Å²) in [6, 6.07) is 11.9. The molecule has 0 aliphatic carbocycles. The fourth-order valence-electron chi connectivity index (χ4n) is 3.60. The number of hydrogen-bond acceptors (Lipinski definition) is 4. The lowest BCUT2D eigenvalue weighted by molar-refractivity contribution is 0.434. The molecule has 2 aromatic carbocycles. The van der Waals surface area contributed by atoms with Gasteiger partial charge in [0.15, 0.2) is 5.76 Å². The average molecular weight is 366 g/mol. The SMILES string of the molecule is Cc1cc(C)c(-c2noc(-c3ccc(Cl)cc3)c2C2=NCCN2)c(C)c1. The number of halogens is 1. The summed E-state index contributed by atoms with van der Waals surface area (Å²) in [5, 5.41) is 8.51. The smallest absolute Gasteiger partial charge is 0.178 e. The van der Waals surface area contributed by atoms with Crippen LogP contribution in [0.1, 0.15) is 22.3 Å². The summed E-state index contributed by atoms with van der Waals surface area (Å²) in [5.74, 6) is 1.55. The third-order valence-corrected chi connectivity index (χ3v) is 4.88. The molecule has 0 fully saturated rings. The fraction of sp³-hybridized carbons (Fsp3) is 0.238. The van der Waals surface area contributed by atoms with Gasteiger partial charge < -0.3 is 9.84 Å². The lowest BCUT2D eigenvalue weighted by Gasteiger charge is -2.11. The highest BCUT2D eigenvalue weighted by molar-refractivity contribution is 6.30. The number of nitrogens with one attached hydrogen (secondary N) is 1. The minimum atomic E-state index is 0.691. The molecule has 0 bridgehead atoms.